The molecular weight excluding hydrogens is 414 g/mol. The predicted octanol–water partition coefficient (Wildman–Crippen LogP) is 3.11. The number of hydrogen-bond donors (Lipinski definition) is 2. The van der Waals surface area contributed by atoms with Crippen molar-refractivity contribution in [3.05, 3.63) is 75.7 Å². The van der Waals surface area contributed by atoms with Gasteiger partial charge in [0, 0.05) is 49.3 Å². The van der Waals surface area contributed by atoms with Gasteiger partial charge in [0.2, 0.25) is 5.91 Å². The lowest BCUT2D eigenvalue weighted by atomic mass is 9.88. The Morgan fingerprint density at radius 2 is 1.97 bits per heavy atom. The molecule has 2 aliphatic heterocycles. The first kappa shape index (κ1) is 22.1. The predicted molar refractivity (Wildman–Crippen MR) is 128 cm³/mol. The second kappa shape index (κ2) is 9.27. The molecule has 6 nitrogen and oxygen atoms in total. The van der Waals surface area contributed by atoms with E-state index in [0.29, 0.717) is 19.6 Å². The molecule has 1 aliphatic carbocycles. The van der Waals surface area contributed by atoms with Crippen molar-refractivity contribution in [2.45, 2.75) is 57.8 Å². The number of amides is 1. The maximum absolute atomic E-state index is 13.5. The molecule has 3 aliphatic rings. The lowest BCUT2D eigenvalue weighted by molar-refractivity contribution is -0.127. The molecule has 1 amide bonds. The van der Waals surface area contributed by atoms with Crippen LogP contribution in [0.2, 0.25) is 0 Å². The van der Waals surface area contributed by atoms with E-state index in [1.54, 1.807) is 0 Å². The molecule has 1 aromatic carbocycles. The van der Waals surface area contributed by atoms with Gasteiger partial charge in [-0.25, -0.2) is 0 Å². The van der Waals surface area contributed by atoms with Crippen LogP contribution in [0.25, 0.3) is 5.57 Å². The van der Waals surface area contributed by atoms with E-state index in [9.17, 15) is 14.7 Å². The monoisotopic (exact) mass is 447 g/mol. The van der Waals surface area contributed by atoms with Crippen LogP contribution < -0.4 is 10.9 Å². The highest BCUT2D eigenvalue weighted by molar-refractivity contribution is 5.82. The van der Waals surface area contributed by atoms with Crippen LogP contribution in [0.5, 0.6) is 0 Å². The van der Waals surface area contributed by atoms with Crippen molar-refractivity contribution in [1.29, 1.82) is 0 Å². The summed E-state index contributed by atoms with van der Waals surface area (Å²) in [5.74, 6) is -0.240. The third kappa shape index (κ3) is 3.85. The molecule has 2 N–H and O–H groups in total. The molecule has 4 atom stereocenters. The zero-order valence-corrected chi connectivity index (χ0v) is 19.2. The maximum atomic E-state index is 13.5. The minimum absolute atomic E-state index is 0.0228. The summed E-state index contributed by atoms with van der Waals surface area (Å²) in [4.78, 5) is 28.9. The molecule has 33 heavy (non-hydrogen) atoms. The molecule has 0 saturated carbocycles. The standard InChI is InChI=1S/C27H33N3O3/c1-2-28-26(32)25-22(17-31)21-16-29-23(24(21)30(25)15-18-9-5-3-6-10-18)14-13-20(27(29)33)19-11-7-4-8-12-19/h3,5-6,9-11,13-14,21-22,24-25,31H,2,4,7-8,12,15-17H2,1H3,(H,28,32)/t21-,22-,24+,25-/m1/s1. The molecule has 1 saturated heterocycles. The average molecular weight is 448 g/mol. The molecule has 2 aromatic rings. The largest absolute Gasteiger partial charge is 0.396 e. The summed E-state index contributed by atoms with van der Waals surface area (Å²) < 4.78 is 1.91. The van der Waals surface area contributed by atoms with Crippen LogP contribution in [-0.4, -0.2) is 39.7 Å². The fraction of sp³-hybridized carbons (Fsp3) is 0.481. The van der Waals surface area contributed by atoms with Gasteiger partial charge in [0.05, 0.1) is 12.1 Å². The van der Waals surface area contributed by atoms with Crippen molar-refractivity contribution < 1.29 is 9.90 Å². The van der Waals surface area contributed by atoms with E-state index in [-0.39, 0.29) is 36.0 Å². The number of aliphatic hydroxyl groups is 1. The van der Waals surface area contributed by atoms with E-state index >= 15 is 0 Å². The summed E-state index contributed by atoms with van der Waals surface area (Å²) in [5, 5.41) is 13.4. The van der Waals surface area contributed by atoms with Gasteiger partial charge >= 0.3 is 0 Å². The summed E-state index contributed by atoms with van der Waals surface area (Å²) in [7, 11) is 0. The Morgan fingerprint density at radius 3 is 2.67 bits per heavy atom. The number of hydrogen-bond acceptors (Lipinski definition) is 4. The Kier molecular flexibility index (Phi) is 6.21. The number of likely N-dealkylation sites (tertiary alicyclic amines) is 1. The highest BCUT2D eigenvalue weighted by atomic mass is 16.3. The molecule has 6 heteroatoms. The van der Waals surface area contributed by atoms with Crippen LogP contribution in [0.4, 0.5) is 0 Å². The second-order valence-corrected chi connectivity index (χ2v) is 9.52. The summed E-state index contributed by atoms with van der Waals surface area (Å²) >= 11 is 0. The Labute approximate surface area is 194 Å². The molecule has 174 valence electrons. The van der Waals surface area contributed by atoms with E-state index in [0.717, 1.165) is 36.1 Å². The molecule has 3 heterocycles. The van der Waals surface area contributed by atoms with Crippen LogP contribution >= 0.6 is 0 Å². The highest BCUT2D eigenvalue weighted by Crippen LogP contribution is 2.49. The topological polar surface area (TPSA) is 74.6 Å². The number of nitrogens with zero attached hydrogens (tertiary/aromatic N) is 2. The number of pyridine rings is 1. The normalized spacial score (nSPS) is 26.5. The van der Waals surface area contributed by atoms with Crippen LogP contribution in [0, 0.1) is 11.8 Å². The quantitative estimate of drug-likeness (QED) is 0.714. The molecule has 0 radical (unpaired) electrons. The van der Waals surface area contributed by atoms with Crippen LogP contribution in [0.3, 0.4) is 0 Å². The Balaban J connectivity index is 1.57. The molecule has 0 unspecified atom stereocenters. The Hall–Kier alpha value is -2.70. The number of allylic oxidation sites excluding steroid dienone is 2. The van der Waals surface area contributed by atoms with E-state index in [2.05, 4.69) is 34.5 Å². The number of benzene rings is 1. The van der Waals surface area contributed by atoms with Gasteiger partial charge in [-0.15, -0.1) is 0 Å². The van der Waals surface area contributed by atoms with Gasteiger partial charge in [-0.05, 0) is 55.9 Å². The van der Waals surface area contributed by atoms with Gasteiger partial charge in [0.25, 0.3) is 5.56 Å². The van der Waals surface area contributed by atoms with Gasteiger partial charge in [-0.1, -0.05) is 36.4 Å². The first-order valence-corrected chi connectivity index (χ1v) is 12.3. The van der Waals surface area contributed by atoms with E-state index in [4.69, 9.17) is 0 Å². The molecule has 5 rings (SSSR count). The van der Waals surface area contributed by atoms with E-state index in [1.165, 1.54) is 12.0 Å². The molecule has 0 spiro atoms. The average Bonchev–Trinajstić information content (AvgIpc) is 3.36. The number of nitrogens with one attached hydrogen (secondary N) is 1. The van der Waals surface area contributed by atoms with Crippen LogP contribution in [0.1, 0.15) is 55.5 Å². The third-order valence-electron chi connectivity index (χ3n) is 7.66. The van der Waals surface area contributed by atoms with Gasteiger partial charge in [0.15, 0.2) is 0 Å². The zero-order valence-electron chi connectivity index (χ0n) is 19.2. The van der Waals surface area contributed by atoms with Crippen molar-refractivity contribution in [3.8, 4) is 0 Å². The van der Waals surface area contributed by atoms with Crippen molar-refractivity contribution in [1.82, 2.24) is 14.8 Å². The number of aliphatic hydroxyl groups excluding tert-OH is 1. The molecular formula is C27H33N3O3. The maximum Gasteiger partial charge on any atom is 0.258 e. The summed E-state index contributed by atoms with van der Waals surface area (Å²) in [6.45, 7) is 3.54. The van der Waals surface area contributed by atoms with Crippen LogP contribution in [-0.2, 0) is 17.9 Å². The number of carbonyl (C=O) groups excluding carboxylic acids is 1. The lowest BCUT2D eigenvalue weighted by Crippen LogP contribution is -2.48. The van der Waals surface area contributed by atoms with Crippen LogP contribution in [0.15, 0.2) is 53.3 Å². The minimum Gasteiger partial charge on any atom is -0.396 e. The number of carbonyl (C=O) groups is 1. The minimum atomic E-state index is -0.422. The SMILES string of the molecule is CCNC(=O)[C@H]1[C@H](CO)[C@H]2Cn3c(ccc(C4=CCCCC4)c3=O)[C@H]2N1Cc1ccccc1. The summed E-state index contributed by atoms with van der Waals surface area (Å²) in [6, 6.07) is 13.7. The van der Waals surface area contributed by atoms with Gasteiger partial charge < -0.3 is 15.0 Å². The number of aromatic nitrogens is 1. The number of likely N-dealkylation sites (N-methyl/N-ethyl adjacent to an activating group) is 1. The van der Waals surface area contributed by atoms with Crippen molar-refractivity contribution >= 4 is 11.5 Å². The first-order valence-electron chi connectivity index (χ1n) is 12.3. The summed E-state index contributed by atoms with van der Waals surface area (Å²) in [5.41, 5.74) is 4.13. The third-order valence-corrected chi connectivity index (χ3v) is 7.66. The van der Waals surface area contributed by atoms with Crippen molar-refractivity contribution in [3.63, 3.8) is 0 Å². The molecule has 0 bridgehead atoms. The van der Waals surface area contributed by atoms with E-state index in [1.807, 2.05) is 35.8 Å². The first-order chi connectivity index (χ1) is 16.1. The fourth-order valence-electron chi connectivity index (χ4n) is 6.18. The van der Waals surface area contributed by atoms with Gasteiger partial charge in [-0.2, -0.15) is 0 Å². The molecule has 1 fully saturated rings. The van der Waals surface area contributed by atoms with Crippen molar-refractivity contribution in [2.75, 3.05) is 13.2 Å². The molecule has 1 aromatic heterocycles. The number of fused-ring (bicyclic) bond motifs is 3. The smallest absolute Gasteiger partial charge is 0.258 e. The Bertz CT molecular complexity index is 1110. The lowest BCUT2D eigenvalue weighted by Gasteiger charge is -2.31. The van der Waals surface area contributed by atoms with Gasteiger partial charge in [-0.3, -0.25) is 14.5 Å². The zero-order chi connectivity index (χ0) is 22.9. The van der Waals surface area contributed by atoms with Crippen molar-refractivity contribution in [2.24, 2.45) is 11.8 Å². The Morgan fingerprint density at radius 1 is 1.15 bits per heavy atom. The summed E-state index contributed by atoms with van der Waals surface area (Å²) in [6.07, 6.45) is 6.53. The fourth-order valence-corrected chi connectivity index (χ4v) is 6.18. The second-order valence-electron chi connectivity index (χ2n) is 9.52. The van der Waals surface area contributed by atoms with Gasteiger partial charge in [0.1, 0.15) is 0 Å². The number of rotatable bonds is 6. The highest BCUT2D eigenvalue weighted by Gasteiger charge is 2.55. The van der Waals surface area contributed by atoms with E-state index < -0.39 is 6.04 Å².